The fourth-order valence-corrected chi connectivity index (χ4v) is 2.74. The molecule has 2 aromatic carbocycles. The molecule has 144 valence electrons. The molecule has 0 fully saturated rings. The Labute approximate surface area is 161 Å². The molecule has 3 aromatic rings. The Bertz CT molecular complexity index is 1070. The van der Waals surface area contributed by atoms with Crippen molar-refractivity contribution in [3.05, 3.63) is 72.9 Å². The number of carbonyl (C=O) groups excluding carboxylic acids is 1. The minimum Gasteiger partial charge on any atom is -0.484 e. The molecule has 1 N–H and O–H groups in total. The molecule has 0 radical (unpaired) electrons. The van der Waals surface area contributed by atoms with Gasteiger partial charge in [-0.3, -0.25) is 4.79 Å². The Morgan fingerprint density at radius 2 is 1.79 bits per heavy atom. The summed E-state index contributed by atoms with van der Waals surface area (Å²) < 4.78 is 45.9. The van der Waals surface area contributed by atoms with Crippen LogP contribution in [0.4, 0.5) is 9.57 Å². The molecule has 1 aromatic heterocycles. The summed E-state index contributed by atoms with van der Waals surface area (Å²) in [5, 5.41) is 2.44. The van der Waals surface area contributed by atoms with Gasteiger partial charge >= 0.3 is 10.2 Å². The summed E-state index contributed by atoms with van der Waals surface area (Å²) in [6, 6.07) is 16.8. The standard InChI is InChI=1S/C19H15FN2O5S/c20-28(24,25)17-8-3-5-14(11-17)22-18(23)13-26-15-6-4-7-16(12-15)27-19-9-1-2-10-21-19/h1-12H,13H2,(H,22,23). The lowest BCUT2D eigenvalue weighted by Crippen LogP contribution is -2.20. The third-order valence-corrected chi connectivity index (χ3v) is 4.25. The lowest BCUT2D eigenvalue weighted by Gasteiger charge is -2.09. The van der Waals surface area contributed by atoms with Gasteiger partial charge < -0.3 is 14.8 Å². The van der Waals surface area contributed by atoms with E-state index in [1.807, 2.05) is 0 Å². The third kappa shape index (κ3) is 5.52. The fraction of sp³-hybridized carbons (Fsp3) is 0.0526. The smallest absolute Gasteiger partial charge is 0.332 e. The van der Waals surface area contributed by atoms with Crippen LogP contribution in [0.25, 0.3) is 0 Å². The number of nitrogens with zero attached hydrogens (tertiary/aromatic N) is 1. The topological polar surface area (TPSA) is 94.6 Å². The molecular formula is C19H15FN2O5S. The van der Waals surface area contributed by atoms with Gasteiger partial charge in [-0.15, -0.1) is 3.89 Å². The number of benzene rings is 2. The van der Waals surface area contributed by atoms with Gasteiger partial charge in [-0.1, -0.05) is 18.2 Å². The molecular weight excluding hydrogens is 387 g/mol. The van der Waals surface area contributed by atoms with Crippen LogP contribution in [-0.2, 0) is 15.0 Å². The SMILES string of the molecule is O=C(COc1cccc(Oc2ccccn2)c1)Nc1cccc(S(=O)(=O)F)c1. The molecule has 3 rings (SSSR count). The number of anilines is 1. The highest BCUT2D eigenvalue weighted by atomic mass is 32.3. The number of hydrogen-bond donors (Lipinski definition) is 1. The lowest BCUT2D eigenvalue weighted by molar-refractivity contribution is -0.118. The normalized spacial score (nSPS) is 10.9. The van der Waals surface area contributed by atoms with E-state index in [1.54, 1.807) is 48.7 Å². The van der Waals surface area contributed by atoms with Gasteiger partial charge in [0.2, 0.25) is 5.88 Å². The summed E-state index contributed by atoms with van der Waals surface area (Å²) in [6.07, 6.45) is 1.60. The Balaban J connectivity index is 1.58. The fourth-order valence-electron chi connectivity index (χ4n) is 2.23. The van der Waals surface area contributed by atoms with Crippen LogP contribution in [0.5, 0.6) is 17.4 Å². The van der Waals surface area contributed by atoms with Crippen molar-refractivity contribution < 1.29 is 26.6 Å². The van der Waals surface area contributed by atoms with Gasteiger partial charge in [-0.05, 0) is 36.4 Å². The van der Waals surface area contributed by atoms with Crippen LogP contribution in [0.1, 0.15) is 0 Å². The van der Waals surface area contributed by atoms with E-state index in [0.717, 1.165) is 12.1 Å². The van der Waals surface area contributed by atoms with Crippen LogP contribution in [0.3, 0.4) is 0 Å². The summed E-state index contributed by atoms with van der Waals surface area (Å²) in [6.45, 7) is -0.334. The summed E-state index contributed by atoms with van der Waals surface area (Å²) in [5.74, 6) is 0.755. The van der Waals surface area contributed by atoms with E-state index in [1.165, 1.54) is 12.1 Å². The van der Waals surface area contributed by atoms with Crippen molar-refractivity contribution in [3.63, 3.8) is 0 Å². The van der Waals surface area contributed by atoms with E-state index in [0.29, 0.717) is 17.4 Å². The highest BCUT2D eigenvalue weighted by Crippen LogP contribution is 2.24. The number of halogens is 1. The second-order valence-electron chi connectivity index (χ2n) is 5.55. The van der Waals surface area contributed by atoms with Crippen molar-refractivity contribution in [2.24, 2.45) is 0 Å². The molecule has 0 atom stereocenters. The van der Waals surface area contributed by atoms with Gasteiger partial charge in [0, 0.05) is 24.0 Å². The molecule has 1 heterocycles. The molecule has 0 aliphatic heterocycles. The Kier molecular flexibility index (Phi) is 5.85. The number of amides is 1. The van der Waals surface area contributed by atoms with E-state index in [-0.39, 0.29) is 12.3 Å². The molecule has 0 aliphatic carbocycles. The number of ether oxygens (including phenoxy) is 2. The molecule has 0 saturated heterocycles. The summed E-state index contributed by atoms with van der Waals surface area (Å²) in [5.41, 5.74) is 0.138. The van der Waals surface area contributed by atoms with Crippen molar-refractivity contribution in [2.45, 2.75) is 4.90 Å². The minimum absolute atomic E-state index is 0.138. The van der Waals surface area contributed by atoms with E-state index in [4.69, 9.17) is 9.47 Å². The second-order valence-corrected chi connectivity index (χ2v) is 6.89. The predicted octanol–water partition coefficient (Wildman–Crippen LogP) is 3.55. The van der Waals surface area contributed by atoms with Crippen molar-refractivity contribution in [3.8, 4) is 17.4 Å². The summed E-state index contributed by atoms with van der Waals surface area (Å²) >= 11 is 0. The van der Waals surface area contributed by atoms with E-state index in [2.05, 4.69) is 10.3 Å². The number of pyridine rings is 1. The van der Waals surface area contributed by atoms with Crippen LogP contribution in [-0.4, -0.2) is 25.9 Å². The maximum absolute atomic E-state index is 13.0. The molecule has 0 saturated carbocycles. The van der Waals surface area contributed by atoms with Crippen LogP contribution in [0, 0.1) is 0 Å². The van der Waals surface area contributed by atoms with Crippen LogP contribution >= 0.6 is 0 Å². The Hall–Kier alpha value is -3.46. The van der Waals surface area contributed by atoms with Crippen LogP contribution in [0.2, 0.25) is 0 Å². The summed E-state index contributed by atoms with van der Waals surface area (Å²) in [4.78, 5) is 15.5. The third-order valence-electron chi connectivity index (χ3n) is 3.43. The van der Waals surface area contributed by atoms with Crippen molar-refractivity contribution in [2.75, 3.05) is 11.9 Å². The van der Waals surface area contributed by atoms with Gasteiger partial charge in [0.15, 0.2) is 6.61 Å². The van der Waals surface area contributed by atoms with Crippen LogP contribution < -0.4 is 14.8 Å². The highest BCUT2D eigenvalue weighted by molar-refractivity contribution is 7.86. The van der Waals surface area contributed by atoms with Gasteiger partial charge in [0.25, 0.3) is 5.91 Å². The number of rotatable bonds is 7. The van der Waals surface area contributed by atoms with E-state index >= 15 is 0 Å². The number of carbonyl (C=O) groups is 1. The average molecular weight is 402 g/mol. The van der Waals surface area contributed by atoms with Crippen LogP contribution in [0.15, 0.2) is 77.8 Å². The minimum atomic E-state index is -4.85. The highest BCUT2D eigenvalue weighted by Gasteiger charge is 2.13. The largest absolute Gasteiger partial charge is 0.484 e. The molecule has 0 unspecified atom stereocenters. The van der Waals surface area contributed by atoms with Crippen molar-refractivity contribution >= 4 is 21.8 Å². The van der Waals surface area contributed by atoms with Gasteiger partial charge in [-0.25, -0.2) is 4.98 Å². The molecule has 7 nitrogen and oxygen atoms in total. The maximum atomic E-state index is 13.0. The maximum Gasteiger partial charge on any atom is 0.332 e. The quantitative estimate of drug-likeness (QED) is 0.608. The molecule has 9 heteroatoms. The summed E-state index contributed by atoms with van der Waals surface area (Å²) in [7, 11) is -4.85. The van der Waals surface area contributed by atoms with E-state index < -0.39 is 21.0 Å². The predicted molar refractivity (Wildman–Crippen MR) is 99.6 cm³/mol. The molecule has 1 amide bonds. The Morgan fingerprint density at radius 3 is 2.54 bits per heavy atom. The number of hydrogen-bond acceptors (Lipinski definition) is 6. The van der Waals surface area contributed by atoms with Gasteiger partial charge in [-0.2, -0.15) is 8.42 Å². The zero-order valence-electron chi connectivity index (χ0n) is 14.4. The average Bonchev–Trinajstić information content (AvgIpc) is 2.67. The number of aromatic nitrogens is 1. The molecule has 0 bridgehead atoms. The van der Waals surface area contributed by atoms with Crippen molar-refractivity contribution in [1.29, 1.82) is 0 Å². The first kappa shape index (κ1) is 19.3. The monoisotopic (exact) mass is 402 g/mol. The van der Waals surface area contributed by atoms with Gasteiger partial charge in [0.05, 0.1) is 0 Å². The molecule has 28 heavy (non-hydrogen) atoms. The molecule has 0 aliphatic rings. The zero-order chi connectivity index (χ0) is 20.0. The first-order chi connectivity index (χ1) is 13.4. The number of nitrogens with one attached hydrogen (secondary N) is 1. The Morgan fingerprint density at radius 1 is 1.00 bits per heavy atom. The zero-order valence-corrected chi connectivity index (χ0v) is 15.2. The second kappa shape index (κ2) is 8.49. The lowest BCUT2D eigenvalue weighted by atomic mass is 10.3. The first-order valence-corrected chi connectivity index (χ1v) is 9.45. The van der Waals surface area contributed by atoms with Crippen molar-refractivity contribution in [1.82, 2.24) is 4.98 Å². The molecule has 0 spiro atoms. The first-order valence-electron chi connectivity index (χ1n) is 8.06. The van der Waals surface area contributed by atoms with Gasteiger partial charge in [0.1, 0.15) is 16.4 Å². The van der Waals surface area contributed by atoms with E-state index in [9.17, 15) is 17.1 Å².